The molecular formula is C20H27ClN6O. The van der Waals surface area contributed by atoms with Gasteiger partial charge in [-0.15, -0.1) is 12.4 Å². The molecule has 0 unspecified atom stereocenters. The molecule has 0 bridgehead atoms. The molecule has 1 aliphatic rings. The van der Waals surface area contributed by atoms with E-state index in [0.717, 1.165) is 29.4 Å². The van der Waals surface area contributed by atoms with Crippen LogP contribution in [0, 0.1) is 0 Å². The Morgan fingerprint density at radius 1 is 1.25 bits per heavy atom. The van der Waals surface area contributed by atoms with Gasteiger partial charge in [-0.05, 0) is 11.5 Å². The van der Waals surface area contributed by atoms with Crippen LogP contribution in [0.25, 0.3) is 5.65 Å². The number of nitrogens with zero attached hydrogens (tertiary/aromatic N) is 3. The first-order valence-electron chi connectivity index (χ1n) is 9.43. The van der Waals surface area contributed by atoms with E-state index in [-0.39, 0.29) is 18.4 Å². The lowest BCUT2D eigenvalue weighted by molar-refractivity contribution is 0.185. The maximum absolute atomic E-state index is 10.1. The van der Waals surface area contributed by atoms with Crippen molar-refractivity contribution in [3.05, 3.63) is 53.7 Å². The average Bonchev–Trinajstić information content (AvgIpc) is 3.27. The van der Waals surface area contributed by atoms with E-state index in [4.69, 9.17) is 4.98 Å². The van der Waals surface area contributed by atoms with Crippen molar-refractivity contribution in [1.29, 1.82) is 0 Å². The molecule has 4 rings (SSSR count). The van der Waals surface area contributed by atoms with Crippen molar-refractivity contribution >= 4 is 29.7 Å². The minimum absolute atomic E-state index is 0. The molecule has 0 radical (unpaired) electrons. The summed E-state index contributed by atoms with van der Waals surface area (Å²) in [6, 6.07) is 12.2. The lowest BCUT2D eigenvalue weighted by atomic mass is 10.1. The lowest BCUT2D eigenvalue weighted by Crippen LogP contribution is -2.32. The van der Waals surface area contributed by atoms with Crippen molar-refractivity contribution in [3.63, 3.8) is 0 Å². The molecule has 0 spiro atoms. The fourth-order valence-electron chi connectivity index (χ4n) is 3.38. The summed E-state index contributed by atoms with van der Waals surface area (Å²) in [6.45, 7) is 6.30. The molecule has 0 amide bonds. The molecule has 1 aliphatic heterocycles. The number of hydrogen-bond donors (Lipinski definition) is 4. The summed E-state index contributed by atoms with van der Waals surface area (Å²) in [5.41, 5.74) is 3.14. The van der Waals surface area contributed by atoms with Gasteiger partial charge < -0.3 is 21.1 Å². The topological polar surface area (TPSA) is 86.5 Å². The first kappa shape index (κ1) is 20.4. The van der Waals surface area contributed by atoms with Crippen LogP contribution in [0.3, 0.4) is 0 Å². The third-order valence-corrected chi connectivity index (χ3v) is 4.95. The number of β-amino-alcohol motifs (C(OH)–C–C–N with tert-alkyl or cyclic N) is 1. The van der Waals surface area contributed by atoms with Gasteiger partial charge in [-0.1, -0.05) is 44.2 Å². The van der Waals surface area contributed by atoms with Gasteiger partial charge >= 0.3 is 0 Å². The second-order valence-electron chi connectivity index (χ2n) is 7.33. The molecule has 1 saturated heterocycles. The highest BCUT2D eigenvalue weighted by atomic mass is 35.5. The van der Waals surface area contributed by atoms with Crippen molar-refractivity contribution < 1.29 is 5.11 Å². The van der Waals surface area contributed by atoms with Gasteiger partial charge in [0.05, 0.1) is 18.3 Å². The van der Waals surface area contributed by atoms with E-state index in [2.05, 4.69) is 47.0 Å². The van der Waals surface area contributed by atoms with Crippen LogP contribution in [0.15, 0.2) is 42.6 Å². The molecule has 1 aromatic carbocycles. The van der Waals surface area contributed by atoms with Crippen LogP contribution >= 0.6 is 12.4 Å². The number of aliphatic hydroxyl groups excluding tert-OH is 1. The van der Waals surface area contributed by atoms with Crippen molar-refractivity contribution in [3.8, 4) is 0 Å². The summed E-state index contributed by atoms with van der Waals surface area (Å²) < 4.78 is 1.85. The largest absolute Gasteiger partial charge is 0.390 e. The quantitative estimate of drug-likeness (QED) is 0.507. The van der Waals surface area contributed by atoms with E-state index in [1.165, 1.54) is 5.56 Å². The zero-order chi connectivity index (χ0) is 18.8. The van der Waals surface area contributed by atoms with Crippen LogP contribution in [-0.4, -0.2) is 44.9 Å². The van der Waals surface area contributed by atoms with Crippen molar-refractivity contribution in [2.45, 2.75) is 38.5 Å². The third kappa shape index (κ3) is 4.22. The lowest BCUT2D eigenvalue weighted by Gasteiger charge is -2.18. The monoisotopic (exact) mass is 402 g/mol. The Kier molecular flexibility index (Phi) is 6.39. The highest BCUT2D eigenvalue weighted by Gasteiger charge is 2.25. The molecule has 0 aliphatic carbocycles. The normalized spacial score (nSPS) is 19.0. The minimum Gasteiger partial charge on any atom is -0.390 e. The molecule has 0 saturated carbocycles. The van der Waals surface area contributed by atoms with E-state index in [9.17, 15) is 5.11 Å². The van der Waals surface area contributed by atoms with Gasteiger partial charge in [-0.3, -0.25) is 0 Å². The van der Waals surface area contributed by atoms with Gasteiger partial charge in [0.2, 0.25) is 0 Å². The van der Waals surface area contributed by atoms with Crippen LogP contribution in [0.4, 0.5) is 11.6 Å². The van der Waals surface area contributed by atoms with Crippen LogP contribution in [0.5, 0.6) is 0 Å². The molecule has 28 heavy (non-hydrogen) atoms. The molecule has 150 valence electrons. The van der Waals surface area contributed by atoms with Gasteiger partial charge in [0.15, 0.2) is 5.65 Å². The number of halogens is 1. The Morgan fingerprint density at radius 3 is 2.71 bits per heavy atom. The summed E-state index contributed by atoms with van der Waals surface area (Å²) in [5, 5.41) is 24.7. The first-order valence-corrected chi connectivity index (χ1v) is 9.43. The molecule has 8 heteroatoms. The highest BCUT2D eigenvalue weighted by molar-refractivity contribution is 5.85. The van der Waals surface area contributed by atoms with E-state index in [1.807, 2.05) is 35.0 Å². The SMILES string of the molecule is CC(C)c1cnn2c(NCc3ccccc3)cc(N[C@H]3CNC[C@H]3O)nc12.Cl. The molecule has 1 fully saturated rings. The second-order valence-corrected chi connectivity index (χ2v) is 7.33. The van der Waals surface area contributed by atoms with E-state index in [0.29, 0.717) is 19.0 Å². The predicted octanol–water partition coefficient (Wildman–Crippen LogP) is 2.63. The Balaban J connectivity index is 0.00000225. The fraction of sp³-hybridized carbons (Fsp3) is 0.400. The standard InChI is InChI=1S/C20H26N6O.ClH/c1-13(2)15-10-23-26-19(22-9-14-6-4-3-5-7-14)8-18(25-20(15)26)24-16-11-21-12-17(16)27;/h3-8,10,13,16-17,21-22,27H,9,11-12H2,1-2H3,(H,24,25);1H/t16-,17+;/m0./s1. The van der Waals surface area contributed by atoms with Crippen molar-refractivity contribution in [1.82, 2.24) is 19.9 Å². The zero-order valence-corrected chi connectivity index (χ0v) is 16.9. The average molecular weight is 403 g/mol. The number of rotatable bonds is 6. The second kappa shape index (κ2) is 8.77. The predicted molar refractivity (Wildman–Crippen MR) is 114 cm³/mol. The number of aliphatic hydroxyl groups is 1. The van der Waals surface area contributed by atoms with Gasteiger partial charge in [0.1, 0.15) is 11.6 Å². The van der Waals surface area contributed by atoms with E-state index in [1.54, 1.807) is 0 Å². The number of anilines is 2. The molecule has 2 atom stereocenters. The van der Waals surface area contributed by atoms with Crippen LogP contribution in [0.1, 0.15) is 30.9 Å². The molecule has 3 heterocycles. The van der Waals surface area contributed by atoms with Crippen LogP contribution < -0.4 is 16.0 Å². The van der Waals surface area contributed by atoms with Crippen LogP contribution in [0.2, 0.25) is 0 Å². The first-order chi connectivity index (χ1) is 13.1. The summed E-state index contributed by atoms with van der Waals surface area (Å²) in [4.78, 5) is 4.78. The van der Waals surface area contributed by atoms with Gasteiger partial charge in [-0.25, -0.2) is 4.98 Å². The van der Waals surface area contributed by atoms with Crippen LogP contribution in [-0.2, 0) is 6.54 Å². The summed E-state index contributed by atoms with van der Waals surface area (Å²) in [7, 11) is 0. The number of fused-ring (bicyclic) bond motifs is 1. The number of hydrogen-bond acceptors (Lipinski definition) is 6. The number of aromatic nitrogens is 3. The van der Waals surface area contributed by atoms with Gasteiger partial charge in [0.25, 0.3) is 0 Å². The molecule has 2 aromatic heterocycles. The van der Waals surface area contributed by atoms with Gasteiger partial charge in [-0.2, -0.15) is 9.61 Å². The Hall–Kier alpha value is -2.35. The van der Waals surface area contributed by atoms with E-state index >= 15 is 0 Å². The zero-order valence-electron chi connectivity index (χ0n) is 16.1. The molecule has 4 N–H and O–H groups in total. The third-order valence-electron chi connectivity index (χ3n) is 4.95. The van der Waals surface area contributed by atoms with Crippen molar-refractivity contribution in [2.24, 2.45) is 0 Å². The number of nitrogens with one attached hydrogen (secondary N) is 3. The minimum atomic E-state index is -0.418. The highest BCUT2D eigenvalue weighted by Crippen LogP contribution is 2.25. The fourth-order valence-corrected chi connectivity index (χ4v) is 3.38. The summed E-state index contributed by atoms with van der Waals surface area (Å²) in [5.74, 6) is 1.94. The smallest absolute Gasteiger partial charge is 0.163 e. The summed E-state index contributed by atoms with van der Waals surface area (Å²) in [6.07, 6.45) is 1.47. The Labute approximate surface area is 171 Å². The molecular weight excluding hydrogens is 376 g/mol. The van der Waals surface area contributed by atoms with Crippen molar-refractivity contribution in [2.75, 3.05) is 23.7 Å². The van der Waals surface area contributed by atoms with Gasteiger partial charge in [0, 0.05) is 31.3 Å². The summed E-state index contributed by atoms with van der Waals surface area (Å²) >= 11 is 0. The maximum Gasteiger partial charge on any atom is 0.163 e. The molecule has 3 aromatic rings. The molecule has 7 nitrogen and oxygen atoms in total. The van der Waals surface area contributed by atoms with E-state index < -0.39 is 6.10 Å². The number of benzene rings is 1. The maximum atomic E-state index is 10.1. The Bertz CT molecular complexity index is 914. The Morgan fingerprint density at radius 2 is 2.04 bits per heavy atom.